The standard InChI is InChI=1S/C8H16OS/c1-2-7(3-5-9)8-4-6-10-8/h7-9H,2-6H2,1H3. The summed E-state index contributed by atoms with van der Waals surface area (Å²) in [4.78, 5) is 0. The first-order valence-corrected chi connectivity index (χ1v) is 5.15. The van der Waals surface area contributed by atoms with Crippen LogP contribution in [0.15, 0.2) is 0 Å². The molecule has 2 atom stereocenters. The van der Waals surface area contributed by atoms with Gasteiger partial charge in [-0.2, -0.15) is 11.8 Å². The first-order valence-electron chi connectivity index (χ1n) is 4.11. The van der Waals surface area contributed by atoms with Crippen LogP contribution in [0.3, 0.4) is 0 Å². The van der Waals surface area contributed by atoms with Crippen molar-refractivity contribution in [1.82, 2.24) is 0 Å². The quantitative estimate of drug-likeness (QED) is 0.678. The lowest BCUT2D eigenvalue weighted by molar-refractivity contribution is 0.249. The van der Waals surface area contributed by atoms with Gasteiger partial charge in [0, 0.05) is 11.9 Å². The van der Waals surface area contributed by atoms with E-state index < -0.39 is 0 Å². The Balaban J connectivity index is 2.17. The predicted molar refractivity (Wildman–Crippen MR) is 46.3 cm³/mol. The zero-order valence-electron chi connectivity index (χ0n) is 6.55. The first kappa shape index (κ1) is 8.41. The van der Waals surface area contributed by atoms with Crippen molar-refractivity contribution in [3.05, 3.63) is 0 Å². The van der Waals surface area contributed by atoms with Gasteiger partial charge >= 0.3 is 0 Å². The smallest absolute Gasteiger partial charge is 0.0434 e. The van der Waals surface area contributed by atoms with Gasteiger partial charge in [-0.25, -0.2) is 0 Å². The minimum absolute atomic E-state index is 0.371. The molecular formula is C8H16OS. The van der Waals surface area contributed by atoms with Crippen molar-refractivity contribution in [2.45, 2.75) is 31.4 Å². The monoisotopic (exact) mass is 160 g/mol. The molecule has 60 valence electrons. The molecule has 0 bridgehead atoms. The summed E-state index contributed by atoms with van der Waals surface area (Å²) < 4.78 is 0. The molecule has 0 spiro atoms. The molecule has 1 aliphatic rings. The molecular weight excluding hydrogens is 144 g/mol. The molecule has 1 aliphatic heterocycles. The summed E-state index contributed by atoms with van der Waals surface area (Å²) in [7, 11) is 0. The van der Waals surface area contributed by atoms with Crippen LogP contribution in [-0.2, 0) is 0 Å². The van der Waals surface area contributed by atoms with Gasteiger partial charge in [-0.3, -0.25) is 0 Å². The fraction of sp³-hybridized carbons (Fsp3) is 1.00. The van der Waals surface area contributed by atoms with Crippen molar-refractivity contribution < 1.29 is 5.11 Å². The summed E-state index contributed by atoms with van der Waals surface area (Å²) in [5, 5.41) is 9.60. The fourth-order valence-electron chi connectivity index (χ4n) is 1.44. The van der Waals surface area contributed by atoms with E-state index >= 15 is 0 Å². The topological polar surface area (TPSA) is 20.2 Å². The number of aliphatic hydroxyl groups excluding tert-OH is 1. The van der Waals surface area contributed by atoms with Crippen LogP contribution in [0, 0.1) is 5.92 Å². The molecule has 2 unspecified atom stereocenters. The van der Waals surface area contributed by atoms with Gasteiger partial charge in [-0.05, 0) is 24.5 Å². The van der Waals surface area contributed by atoms with Crippen molar-refractivity contribution in [3.63, 3.8) is 0 Å². The predicted octanol–water partition coefficient (Wildman–Crippen LogP) is 1.90. The van der Waals surface area contributed by atoms with E-state index in [2.05, 4.69) is 18.7 Å². The zero-order chi connectivity index (χ0) is 7.40. The Morgan fingerprint density at radius 1 is 1.70 bits per heavy atom. The van der Waals surface area contributed by atoms with Gasteiger partial charge in [0.25, 0.3) is 0 Å². The summed E-state index contributed by atoms with van der Waals surface area (Å²) in [5.74, 6) is 2.12. The van der Waals surface area contributed by atoms with Crippen molar-refractivity contribution in [2.24, 2.45) is 5.92 Å². The minimum atomic E-state index is 0.371. The Labute approximate surface area is 67.2 Å². The van der Waals surface area contributed by atoms with Crippen molar-refractivity contribution in [1.29, 1.82) is 0 Å². The Hall–Kier alpha value is 0.310. The molecule has 1 saturated heterocycles. The number of thioether (sulfide) groups is 1. The maximum atomic E-state index is 8.73. The summed E-state index contributed by atoms with van der Waals surface area (Å²) in [6.07, 6.45) is 3.62. The second kappa shape index (κ2) is 4.24. The summed E-state index contributed by atoms with van der Waals surface area (Å²) in [6.45, 7) is 2.59. The van der Waals surface area contributed by atoms with Crippen LogP contribution in [0.2, 0.25) is 0 Å². The Morgan fingerprint density at radius 2 is 2.40 bits per heavy atom. The van der Waals surface area contributed by atoms with Crippen molar-refractivity contribution >= 4 is 11.8 Å². The van der Waals surface area contributed by atoms with Crippen molar-refractivity contribution in [3.8, 4) is 0 Å². The number of rotatable bonds is 4. The lowest BCUT2D eigenvalue weighted by Gasteiger charge is -2.32. The van der Waals surface area contributed by atoms with E-state index in [1.165, 1.54) is 18.6 Å². The maximum Gasteiger partial charge on any atom is 0.0434 e. The maximum absolute atomic E-state index is 8.73. The highest BCUT2D eigenvalue weighted by molar-refractivity contribution is 8.01. The van der Waals surface area contributed by atoms with Gasteiger partial charge < -0.3 is 5.11 Å². The molecule has 0 aromatic rings. The lowest BCUT2D eigenvalue weighted by Crippen LogP contribution is -2.26. The largest absolute Gasteiger partial charge is 0.396 e. The zero-order valence-corrected chi connectivity index (χ0v) is 7.36. The van der Waals surface area contributed by atoms with E-state index in [0.29, 0.717) is 6.61 Å². The Kier molecular flexibility index (Phi) is 3.57. The average molecular weight is 160 g/mol. The van der Waals surface area contributed by atoms with Gasteiger partial charge in [0.1, 0.15) is 0 Å². The summed E-state index contributed by atoms with van der Waals surface area (Å²) in [5.41, 5.74) is 0. The summed E-state index contributed by atoms with van der Waals surface area (Å²) >= 11 is 2.07. The third kappa shape index (κ3) is 1.89. The van der Waals surface area contributed by atoms with Gasteiger partial charge in [0.05, 0.1) is 0 Å². The Morgan fingerprint density at radius 3 is 2.70 bits per heavy atom. The molecule has 0 radical (unpaired) electrons. The van der Waals surface area contributed by atoms with E-state index in [0.717, 1.165) is 17.6 Å². The molecule has 0 aliphatic carbocycles. The summed E-state index contributed by atoms with van der Waals surface area (Å²) in [6, 6.07) is 0. The number of hydrogen-bond acceptors (Lipinski definition) is 2. The van der Waals surface area contributed by atoms with Crippen LogP contribution in [0.25, 0.3) is 0 Å². The van der Waals surface area contributed by atoms with E-state index in [1.807, 2.05) is 0 Å². The molecule has 1 heterocycles. The van der Waals surface area contributed by atoms with Gasteiger partial charge in [0.15, 0.2) is 0 Å². The average Bonchev–Trinajstić information content (AvgIpc) is 1.83. The van der Waals surface area contributed by atoms with Crippen molar-refractivity contribution in [2.75, 3.05) is 12.4 Å². The molecule has 0 aromatic carbocycles. The van der Waals surface area contributed by atoms with Crippen LogP contribution >= 0.6 is 11.8 Å². The van der Waals surface area contributed by atoms with E-state index in [4.69, 9.17) is 5.11 Å². The van der Waals surface area contributed by atoms with Crippen LogP contribution in [0.1, 0.15) is 26.2 Å². The normalized spacial score (nSPS) is 27.6. The SMILES string of the molecule is CCC(CCO)C1CCS1. The fourth-order valence-corrected chi connectivity index (χ4v) is 2.55. The lowest BCUT2D eigenvalue weighted by atomic mass is 9.96. The molecule has 1 fully saturated rings. The van der Waals surface area contributed by atoms with E-state index in [1.54, 1.807) is 0 Å². The molecule has 10 heavy (non-hydrogen) atoms. The third-order valence-corrected chi connectivity index (χ3v) is 3.80. The highest BCUT2D eigenvalue weighted by atomic mass is 32.2. The van der Waals surface area contributed by atoms with Gasteiger partial charge in [-0.15, -0.1) is 0 Å². The second-order valence-corrected chi connectivity index (χ2v) is 4.23. The molecule has 2 heteroatoms. The number of hydrogen-bond donors (Lipinski definition) is 1. The Bertz CT molecular complexity index is 91.3. The molecule has 1 nitrogen and oxygen atoms in total. The molecule has 0 saturated carbocycles. The molecule has 0 amide bonds. The first-order chi connectivity index (χ1) is 4.88. The van der Waals surface area contributed by atoms with Crippen LogP contribution in [-0.4, -0.2) is 22.7 Å². The highest BCUT2D eigenvalue weighted by Crippen LogP contribution is 2.36. The van der Waals surface area contributed by atoms with Crippen LogP contribution in [0.4, 0.5) is 0 Å². The number of aliphatic hydroxyl groups is 1. The van der Waals surface area contributed by atoms with E-state index in [9.17, 15) is 0 Å². The highest BCUT2D eigenvalue weighted by Gasteiger charge is 2.25. The second-order valence-electron chi connectivity index (χ2n) is 2.88. The third-order valence-electron chi connectivity index (χ3n) is 2.28. The minimum Gasteiger partial charge on any atom is -0.396 e. The van der Waals surface area contributed by atoms with Gasteiger partial charge in [-0.1, -0.05) is 13.3 Å². The van der Waals surface area contributed by atoms with E-state index in [-0.39, 0.29) is 0 Å². The van der Waals surface area contributed by atoms with Crippen LogP contribution in [0.5, 0.6) is 0 Å². The molecule has 0 aromatic heterocycles. The van der Waals surface area contributed by atoms with Gasteiger partial charge in [0.2, 0.25) is 0 Å². The molecule has 1 rings (SSSR count). The molecule has 1 N–H and O–H groups in total. The van der Waals surface area contributed by atoms with Crippen LogP contribution < -0.4 is 0 Å².